The number of nitrogens with zero attached hydrogens (tertiary/aromatic N) is 3. The summed E-state index contributed by atoms with van der Waals surface area (Å²) in [5.74, 6) is 1.05. The molecule has 3 aliphatic rings. The van der Waals surface area contributed by atoms with Gasteiger partial charge in [0.05, 0.1) is 37.2 Å². The number of nitrogens with one attached hydrogen (secondary N) is 1. The molecule has 3 heterocycles. The van der Waals surface area contributed by atoms with Crippen molar-refractivity contribution < 1.29 is 14.3 Å². The molecule has 7 nitrogen and oxygen atoms in total. The molecule has 1 aliphatic carbocycles. The van der Waals surface area contributed by atoms with E-state index >= 15 is 0 Å². The zero-order valence-electron chi connectivity index (χ0n) is 18.0. The van der Waals surface area contributed by atoms with E-state index in [1.54, 1.807) is 13.3 Å². The molecule has 2 aromatic rings. The first-order chi connectivity index (χ1) is 15.2. The summed E-state index contributed by atoms with van der Waals surface area (Å²) in [4.78, 5) is 22.6. The van der Waals surface area contributed by atoms with Crippen LogP contribution >= 0.6 is 0 Å². The number of carbonyl (C=O) groups is 1. The minimum absolute atomic E-state index is 0.0320. The van der Waals surface area contributed by atoms with Crippen molar-refractivity contribution in [2.45, 2.75) is 38.3 Å². The molecule has 1 amide bonds. The van der Waals surface area contributed by atoms with Gasteiger partial charge in [-0.3, -0.25) is 4.79 Å². The number of hydrogen-bond acceptors (Lipinski definition) is 6. The molecule has 1 saturated carbocycles. The summed E-state index contributed by atoms with van der Waals surface area (Å²) in [6.07, 6.45) is 5.70. The summed E-state index contributed by atoms with van der Waals surface area (Å²) in [6.45, 7) is 3.72. The first-order valence-electron chi connectivity index (χ1n) is 11.2. The molecule has 0 radical (unpaired) electrons. The number of anilines is 4. The second-order valence-electron chi connectivity index (χ2n) is 8.57. The Hall–Kier alpha value is -2.64. The smallest absolute Gasteiger partial charge is 0.230 e. The number of hydrogen-bond donors (Lipinski definition) is 1. The monoisotopic (exact) mass is 422 g/mol. The largest absolute Gasteiger partial charge is 0.381 e. The van der Waals surface area contributed by atoms with Crippen molar-refractivity contribution >= 4 is 28.8 Å². The Morgan fingerprint density at radius 3 is 2.74 bits per heavy atom. The molecule has 164 valence electrons. The Balaban J connectivity index is 1.49. The average Bonchev–Trinajstić information content (AvgIpc) is 3.00. The number of pyridine rings is 1. The van der Waals surface area contributed by atoms with E-state index in [4.69, 9.17) is 9.47 Å². The van der Waals surface area contributed by atoms with Gasteiger partial charge in [0, 0.05) is 43.6 Å². The quantitative estimate of drug-likeness (QED) is 0.813. The molecular weight excluding hydrogens is 392 g/mol. The van der Waals surface area contributed by atoms with Gasteiger partial charge < -0.3 is 24.6 Å². The van der Waals surface area contributed by atoms with Gasteiger partial charge in [0.15, 0.2) is 0 Å². The maximum atomic E-state index is 13.8. The van der Waals surface area contributed by atoms with Crippen molar-refractivity contribution in [3.05, 3.63) is 42.1 Å². The lowest BCUT2D eigenvalue weighted by atomic mass is 9.86. The molecule has 0 spiro atoms. The summed E-state index contributed by atoms with van der Waals surface area (Å²) in [6, 6.07) is 10.3. The van der Waals surface area contributed by atoms with Gasteiger partial charge in [0.2, 0.25) is 5.91 Å². The van der Waals surface area contributed by atoms with E-state index in [1.807, 2.05) is 17.0 Å². The third-order valence-electron chi connectivity index (χ3n) is 6.74. The van der Waals surface area contributed by atoms with Crippen LogP contribution in [-0.2, 0) is 20.8 Å². The zero-order chi connectivity index (χ0) is 21.2. The molecule has 1 saturated heterocycles. The lowest BCUT2D eigenvalue weighted by Crippen LogP contribution is -2.39. The second kappa shape index (κ2) is 8.85. The Morgan fingerprint density at radius 2 is 1.97 bits per heavy atom. The minimum Gasteiger partial charge on any atom is -0.381 e. The maximum Gasteiger partial charge on any atom is 0.230 e. The highest BCUT2D eigenvalue weighted by atomic mass is 16.5. The van der Waals surface area contributed by atoms with Gasteiger partial charge in [-0.05, 0) is 49.9 Å². The Morgan fingerprint density at radius 1 is 1.16 bits per heavy atom. The Labute approximate surface area is 183 Å². The van der Waals surface area contributed by atoms with Gasteiger partial charge in [-0.1, -0.05) is 6.07 Å². The third kappa shape index (κ3) is 4.12. The highest BCUT2D eigenvalue weighted by molar-refractivity contribution is 6.00. The van der Waals surface area contributed by atoms with Crippen molar-refractivity contribution in [1.29, 1.82) is 0 Å². The molecule has 1 aromatic carbocycles. The highest BCUT2D eigenvalue weighted by Gasteiger charge is 2.33. The van der Waals surface area contributed by atoms with Gasteiger partial charge >= 0.3 is 0 Å². The zero-order valence-corrected chi connectivity index (χ0v) is 18.0. The predicted octanol–water partition coefficient (Wildman–Crippen LogP) is 3.71. The summed E-state index contributed by atoms with van der Waals surface area (Å²) < 4.78 is 11.0. The molecule has 1 N–H and O–H groups in total. The van der Waals surface area contributed by atoms with Crippen molar-refractivity contribution in [3.8, 4) is 0 Å². The van der Waals surface area contributed by atoms with Gasteiger partial charge in [0.25, 0.3) is 0 Å². The van der Waals surface area contributed by atoms with Crippen LogP contribution in [-0.4, -0.2) is 50.4 Å². The number of fused-ring (bicyclic) bond motifs is 2. The van der Waals surface area contributed by atoms with E-state index in [-0.39, 0.29) is 17.9 Å². The van der Waals surface area contributed by atoms with E-state index in [2.05, 4.69) is 33.4 Å². The number of benzene rings is 1. The average molecular weight is 423 g/mol. The van der Waals surface area contributed by atoms with E-state index in [9.17, 15) is 4.79 Å². The van der Waals surface area contributed by atoms with Crippen molar-refractivity contribution in [2.24, 2.45) is 5.92 Å². The van der Waals surface area contributed by atoms with E-state index in [0.717, 1.165) is 80.4 Å². The molecule has 2 fully saturated rings. The molecule has 1 aromatic heterocycles. The van der Waals surface area contributed by atoms with E-state index < -0.39 is 0 Å². The van der Waals surface area contributed by atoms with Crippen LogP contribution in [0.25, 0.3) is 0 Å². The molecule has 7 heteroatoms. The second-order valence-corrected chi connectivity index (χ2v) is 8.57. The lowest BCUT2D eigenvalue weighted by Gasteiger charge is -2.33. The van der Waals surface area contributed by atoms with Crippen molar-refractivity contribution in [2.75, 3.05) is 48.5 Å². The van der Waals surface area contributed by atoms with Crippen LogP contribution in [0.4, 0.5) is 22.9 Å². The number of methoxy groups -OCH3 is 1. The SMILES string of the molecule is CO[C@H]1CC[C@H](C(=O)N2Cc3cccnc3Nc3ccc(N4CCOCC4)cc32)CC1. The standard InChI is InChI=1S/C24H30N4O3/c1-30-20-7-4-17(5-8-20)24(29)28-16-18-3-2-10-25-23(18)26-21-9-6-19(15-22(21)28)27-11-13-31-14-12-27/h2-3,6,9-10,15,17,20H,4-5,7-8,11-14,16H2,1H3,(H,25,26)/t17-,20-. The Kier molecular flexibility index (Phi) is 5.78. The van der Waals surface area contributed by atoms with Gasteiger partial charge in [0.1, 0.15) is 5.82 Å². The molecule has 2 aliphatic heterocycles. The number of rotatable bonds is 3. The van der Waals surface area contributed by atoms with Crippen molar-refractivity contribution in [3.63, 3.8) is 0 Å². The fourth-order valence-electron chi connectivity index (χ4n) is 4.89. The lowest BCUT2D eigenvalue weighted by molar-refractivity contribution is -0.124. The number of ether oxygens (including phenoxy) is 2. The number of carbonyl (C=O) groups excluding carboxylic acids is 1. The van der Waals surface area contributed by atoms with Gasteiger partial charge in [-0.2, -0.15) is 0 Å². The summed E-state index contributed by atoms with van der Waals surface area (Å²) in [5.41, 5.74) is 4.02. The molecule has 5 rings (SSSR count). The minimum atomic E-state index is 0.0320. The molecule has 31 heavy (non-hydrogen) atoms. The normalized spacial score (nSPS) is 23.4. The fourth-order valence-corrected chi connectivity index (χ4v) is 4.89. The maximum absolute atomic E-state index is 13.8. The number of amides is 1. The van der Waals surface area contributed by atoms with Crippen LogP contribution in [0.2, 0.25) is 0 Å². The highest BCUT2D eigenvalue weighted by Crippen LogP contribution is 2.39. The Bertz CT molecular complexity index is 936. The van der Waals surface area contributed by atoms with E-state index in [1.165, 1.54) is 0 Å². The van der Waals surface area contributed by atoms with Gasteiger partial charge in [-0.25, -0.2) is 4.98 Å². The van der Waals surface area contributed by atoms with E-state index in [0.29, 0.717) is 6.54 Å². The summed E-state index contributed by atoms with van der Waals surface area (Å²) in [7, 11) is 1.76. The fraction of sp³-hybridized carbons (Fsp3) is 0.500. The molecule has 0 bridgehead atoms. The molecule has 0 unspecified atom stereocenters. The third-order valence-corrected chi connectivity index (χ3v) is 6.74. The van der Waals surface area contributed by atoms with Crippen molar-refractivity contribution in [1.82, 2.24) is 4.98 Å². The molecular formula is C24H30N4O3. The number of morpholine rings is 1. The first kappa shape index (κ1) is 20.3. The number of aromatic nitrogens is 1. The summed E-state index contributed by atoms with van der Waals surface area (Å²) in [5, 5.41) is 3.47. The topological polar surface area (TPSA) is 66.9 Å². The molecule has 0 atom stereocenters. The first-order valence-corrected chi connectivity index (χ1v) is 11.2. The van der Waals surface area contributed by atoms with Crippen LogP contribution in [0, 0.1) is 5.92 Å². The van der Waals surface area contributed by atoms with Crippen LogP contribution in [0.15, 0.2) is 36.5 Å². The van der Waals surface area contributed by atoms with Gasteiger partial charge in [-0.15, -0.1) is 0 Å². The van der Waals surface area contributed by atoms with Crippen LogP contribution in [0.3, 0.4) is 0 Å². The summed E-state index contributed by atoms with van der Waals surface area (Å²) >= 11 is 0. The van der Waals surface area contributed by atoms with Crippen LogP contribution in [0.1, 0.15) is 31.2 Å². The predicted molar refractivity (Wildman–Crippen MR) is 121 cm³/mol. The van der Waals surface area contributed by atoms with Crippen LogP contribution in [0.5, 0.6) is 0 Å². The van der Waals surface area contributed by atoms with Crippen LogP contribution < -0.4 is 15.1 Å².